The summed E-state index contributed by atoms with van der Waals surface area (Å²) < 4.78 is 5.39. The van der Waals surface area contributed by atoms with Crippen molar-refractivity contribution in [3.63, 3.8) is 0 Å². The molecule has 0 aliphatic heterocycles. The predicted molar refractivity (Wildman–Crippen MR) is 59.8 cm³/mol. The van der Waals surface area contributed by atoms with Crippen molar-refractivity contribution in [2.24, 2.45) is 0 Å². The summed E-state index contributed by atoms with van der Waals surface area (Å²) in [5.41, 5.74) is 0.156. The molecule has 0 aromatic carbocycles. The number of ether oxygens (including phenoxy) is 1. The number of aromatic carboxylic acids is 1. The van der Waals surface area contributed by atoms with E-state index >= 15 is 0 Å². The molecule has 0 unspecified atom stereocenters. The molecule has 0 saturated heterocycles. The van der Waals surface area contributed by atoms with Gasteiger partial charge in [-0.3, -0.25) is 0 Å². The second kappa shape index (κ2) is 4.76. The standard InChI is InChI=1S/C11H9NO3S/c13-11(14)8-3-4-10(12-6-8)15-7-9-2-1-5-16-9/h1-6H,7H2,(H,13,14). The van der Waals surface area contributed by atoms with Crippen LogP contribution in [0, 0.1) is 0 Å². The van der Waals surface area contributed by atoms with E-state index in [2.05, 4.69) is 4.98 Å². The third-order valence-corrected chi connectivity index (χ3v) is 2.78. The summed E-state index contributed by atoms with van der Waals surface area (Å²) >= 11 is 1.60. The minimum Gasteiger partial charge on any atom is -0.478 e. The first-order valence-corrected chi connectivity index (χ1v) is 5.48. The van der Waals surface area contributed by atoms with E-state index in [9.17, 15) is 4.79 Å². The molecule has 0 atom stereocenters. The van der Waals surface area contributed by atoms with Crippen LogP contribution in [0.4, 0.5) is 0 Å². The topological polar surface area (TPSA) is 59.4 Å². The fourth-order valence-electron chi connectivity index (χ4n) is 1.13. The average Bonchev–Trinajstić information content (AvgIpc) is 2.80. The van der Waals surface area contributed by atoms with Gasteiger partial charge in [0.2, 0.25) is 5.88 Å². The van der Waals surface area contributed by atoms with E-state index < -0.39 is 5.97 Å². The molecule has 0 fully saturated rings. The molecule has 1 N–H and O–H groups in total. The van der Waals surface area contributed by atoms with Crippen molar-refractivity contribution in [2.75, 3.05) is 0 Å². The lowest BCUT2D eigenvalue weighted by Crippen LogP contribution is -1.99. The average molecular weight is 235 g/mol. The summed E-state index contributed by atoms with van der Waals surface area (Å²) in [6.45, 7) is 0.455. The van der Waals surface area contributed by atoms with Gasteiger partial charge in [-0.25, -0.2) is 9.78 Å². The van der Waals surface area contributed by atoms with Crippen molar-refractivity contribution in [1.82, 2.24) is 4.98 Å². The predicted octanol–water partition coefficient (Wildman–Crippen LogP) is 2.42. The van der Waals surface area contributed by atoms with Crippen LogP contribution < -0.4 is 4.74 Å². The van der Waals surface area contributed by atoms with Gasteiger partial charge >= 0.3 is 5.97 Å². The SMILES string of the molecule is O=C(O)c1ccc(OCc2cccs2)nc1. The fraction of sp³-hybridized carbons (Fsp3) is 0.0909. The van der Waals surface area contributed by atoms with Crippen molar-refractivity contribution >= 4 is 17.3 Å². The highest BCUT2D eigenvalue weighted by Gasteiger charge is 2.03. The Kier molecular flexibility index (Phi) is 3.16. The maximum Gasteiger partial charge on any atom is 0.337 e. The lowest BCUT2D eigenvalue weighted by molar-refractivity contribution is 0.0696. The summed E-state index contributed by atoms with van der Waals surface area (Å²) in [5.74, 6) is -0.560. The smallest absolute Gasteiger partial charge is 0.337 e. The van der Waals surface area contributed by atoms with E-state index in [4.69, 9.17) is 9.84 Å². The molecule has 0 spiro atoms. The Morgan fingerprint density at radius 1 is 1.44 bits per heavy atom. The first-order valence-electron chi connectivity index (χ1n) is 4.60. The van der Waals surface area contributed by atoms with E-state index in [1.54, 1.807) is 17.4 Å². The van der Waals surface area contributed by atoms with Crippen LogP contribution in [0.3, 0.4) is 0 Å². The summed E-state index contributed by atoms with van der Waals surface area (Å²) in [7, 11) is 0. The van der Waals surface area contributed by atoms with Gasteiger partial charge in [-0.2, -0.15) is 0 Å². The Balaban J connectivity index is 1.98. The van der Waals surface area contributed by atoms with Crippen LogP contribution in [0.5, 0.6) is 5.88 Å². The van der Waals surface area contributed by atoms with Gasteiger partial charge in [0.1, 0.15) is 6.61 Å². The number of thiophene rings is 1. The van der Waals surface area contributed by atoms with Gasteiger partial charge in [-0.1, -0.05) is 6.07 Å². The number of carbonyl (C=O) groups is 1. The largest absolute Gasteiger partial charge is 0.478 e. The van der Waals surface area contributed by atoms with E-state index in [0.29, 0.717) is 12.5 Å². The van der Waals surface area contributed by atoms with Crippen molar-refractivity contribution in [1.29, 1.82) is 0 Å². The molecule has 0 saturated carbocycles. The second-order valence-corrected chi connectivity index (χ2v) is 4.09. The molecule has 4 nitrogen and oxygen atoms in total. The number of pyridine rings is 1. The number of hydrogen-bond acceptors (Lipinski definition) is 4. The highest BCUT2D eigenvalue weighted by atomic mass is 32.1. The Labute approximate surface area is 96.1 Å². The Hall–Kier alpha value is -1.88. The number of aromatic nitrogens is 1. The minimum absolute atomic E-state index is 0.156. The van der Waals surface area contributed by atoms with Gasteiger partial charge in [-0.15, -0.1) is 11.3 Å². The second-order valence-electron chi connectivity index (χ2n) is 3.06. The van der Waals surface area contributed by atoms with Crippen LogP contribution in [-0.4, -0.2) is 16.1 Å². The Morgan fingerprint density at radius 3 is 2.88 bits per heavy atom. The molecule has 16 heavy (non-hydrogen) atoms. The molecule has 2 heterocycles. The molecular formula is C11H9NO3S. The number of hydrogen-bond donors (Lipinski definition) is 1. The molecule has 82 valence electrons. The Bertz CT molecular complexity index is 464. The number of carboxylic acid groups (broad SMARTS) is 1. The molecule has 2 aromatic rings. The maximum absolute atomic E-state index is 10.6. The first kappa shape index (κ1) is 10.6. The van der Waals surface area contributed by atoms with Crippen LogP contribution >= 0.6 is 11.3 Å². The molecule has 0 amide bonds. The van der Waals surface area contributed by atoms with Gasteiger partial charge in [0.05, 0.1) is 5.56 Å². The van der Waals surface area contributed by atoms with Gasteiger partial charge in [0.15, 0.2) is 0 Å². The molecule has 0 aliphatic carbocycles. The number of rotatable bonds is 4. The van der Waals surface area contributed by atoms with E-state index in [-0.39, 0.29) is 5.56 Å². The molecule has 0 radical (unpaired) electrons. The van der Waals surface area contributed by atoms with E-state index in [0.717, 1.165) is 4.88 Å². The zero-order valence-corrected chi connectivity index (χ0v) is 9.11. The van der Waals surface area contributed by atoms with Crippen LogP contribution in [-0.2, 0) is 6.61 Å². The summed E-state index contributed by atoms with van der Waals surface area (Å²) in [4.78, 5) is 15.6. The van der Waals surface area contributed by atoms with Crippen LogP contribution in [0.15, 0.2) is 35.8 Å². The zero-order chi connectivity index (χ0) is 11.4. The number of carboxylic acids is 1. The molecule has 0 bridgehead atoms. The third-order valence-electron chi connectivity index (χ3n) is 1.93. The van der Waals surface area contributed by atoms with E-state index in [1.807, 2.05) is 17.5 Å². The lowest BCUT2D eigenvalue weighted by atomic mass is 10.3. The molecular weight excluding hydrogens is 226 g/mol. The summed E-state index contributed by atoms with van der Waals surface area (Å²) in [6.07, 6.45) is 1.28. The van der Waals surface area contributed by atoms with Gasteiger partial charge < -0.3 is 9.84 Å². The van der Waals surface area contributed by atoms with Crippen molar-refractivity contribution < 1.29 is 14.6 Å². The quantitative estimate of drug-likeness (QED) is 0.884. The fourth-order valence-corrected chi connectivity index (χ4v) is 1.75. The number of nitrogens with zero attached hydrogens (tertiary/aromatic N) is 1. The van der Waals surface area contributed by atoms with Gasteiger partial charge in [-0.05, 0) is 17.5 Å². The van der Waals surface area contributed by atoms with Crippen molar-refractivity contribution in [2.45, 2.75) is 6.61 Å². The highest BCUT2D eigenvalue weighted by Crippen LogP contribution is 2.13. The normalized spacial score (nSPS) is 10.0. The van der Waals surface area contributed by atoms with Crippen molar-refractivity contribution in [3.8, 4) is 5.88 Å². The van der Waals surface area contributed by atoms with Crippen LogP contribution in [0.2, 0.25) is 0 Å². The molecule has 5 heteroatoms. The maximum atomic E-state index is 10.6. The minimum atomic E-state index is -0.989. The van der Waals surface area contributed by atoms with Gasteiger partial charge in [0, 0.05) is 17.1 Å². The molecule has 0 aliphatic rings. The lowest BCUT2D eigenvalue weighted by Gasteiger charge is -2.03. The van der Waals surface area contributed by atoms with Crippen molar-refractivity contribution in [3.05, 3.63) is 46.3 Å². The first-order chi connectivity index (χ1) is 7.75. The van der Waals surface area contributed by atoms with Crippen LogP contribution in [0.25, 0.3) is 0 Å². The summed E-state index contributed by atoms with van der Waals surface area (Å²) in [6, 6.07) is 6.94. The third kappa shape index (κ3) is 2.58. The monoisotopic (exact) mass is 235 g/mol. The van der Waals surface area contributed by atoms with Crippen LogP contribution in [0.1, 0.15) is 15.2 Å². The van der Waals surface area contributed by atoms with E-state index in [1.165, 1.54) is 12.3 Å². The summed E-state index contributed by atoms with van der Waals surface area (Å²) in [5, 5.41) is 10.6. The van der Waals surface area contributed by atoms with Gasteiger partial charge in [0.25, 0.3) is 0 Å². The highest BCUT2D eigenvalue weighted by molar-refractivity contribution is 7.09. The Morgan fingerprint density at radius 2 is 2.31 bits per heavy atom. The molecule has 2 rings (SSSR count). The molecule has 2 aromatic heterocycles. The zero-order valence-electron chi connectivity index (χ0n) is 8.29.